The Hall–Kier alpha value is -2.41. The molecule has 0 fully saturated rings. The van der Waals surface area contributed by atoms with E-state index in [9.17, 15) is 9.59 Å². The number of aromatic carboxylic acids is 1. The molecular weight excluding hydrogens is 280 g/mol. The normalized spacial score (nSPS) is 10.1. The van der Waals surface area contributed by atoms with E-state index in [1.807, 2.05) is 18.2 Å². The Labute approximate surface area is 119 Å². The van der Waals surface area contributed by atoms with Crippen molar-refractivity contribution >= 4 is 23.2 Å². The van der Waals surface area contributed by atoms with Crippen molar-refractivity contribution in [1.82, 2.24) is 10.3 Å². The number of nitrogens with one attached hydrogen (secondary N) is 1. The van der Waals surface area contributed by atoms with Gasteiger partial charge in [-0.2, -0.15) is 0 Å². The van der Waals surface area contributed by atoms with E-state index >= 15 is 0 Å². The van der Waals surface area contributed by atoms with E-state index in [1.165, 1.54) is 5.38 Å². The first-order valence-electron chi connectivity index (χ1n) is 5.70. The van der Waals surface area contributed by atoms with Crippen molar-refractivity contribution in [2.24, 2.45) is 0 Å². The quantitative estimate of drug-likeness (QED) is 0.877. The van der Waals surface area contributed by atoms with E-state index in [2.05, 4.69) is 10.3 Å². The van der Waals surface area contributed by atoms with Crippen LogP contribution in [0, 0.1) is 0 Å². The maximum atomic E-state index is 11.9. The molecule has 0 saturated carbocycles. The smallest absolute Gasteiger partial charge is 0.355 e. The summed E-state index contributed by atoms with van der Waals surface area (Å²) in [6.45, 7) is 0.283. The largest absolute Gasteiger partial charge is 0.496 e. The van der Waals surface area contributed by atoms with Crippen LogP contribution in [0.15, 0.2) is 29.6 Å². The summed E-state index contributed by atoms with van der Waals surface area (Å²) >= 11 is 0.996. The van der Waals surface area contributed by atoms with Crippen LogP contribution in [-0.2, 0) is 6.54 Å². The van der Waals surface area contributed by atoms with Crippen molar-refractivity contribution in [3.63, 3.8) is 0 Å². The number of para-hydroxylation sites is 1. The molecule has 2 N–H and O–H groups in total. The maximum Gasteiger partial charge on any atom is 0.355 e. The molecule has 104 valence electrons. The van der Waals surface area contributed by atoms with Crippen LogP contribution in [0.25, 0.3) is 0 Å². The van der Waals surface area contributed by atoms with Gasteiger partial charge in [-0.25, -0.2) is 9.78 Å². The summed E-state index contributed by atoms with van der Waals surface area (Å²) < 4.78 is 5.18. The number of carbonyl (C=O) groups excluding carboxylic acids is 1. The zero-order valence-corrected chi connectivity index (χ0v) is 11.4. The molecule has 6 nitrogen and oxygen atoms in total. The van der Waals surface area contributed by atoms with Gasteiger partial charge in [0.1, 0.15) is 5.75 Å². The Morgan fingerprint density at radius 1 is 1.40 bits per heavy atom. The third kappa shape index (κ3) is 3.12. The molecule has 2 rings (SSSR count). The highest BCUT2D eigenvalue weighted by molar-refractivity contribution is 7.11. The zero-order chi connectivity index (χ0) is 14.5. The van der Waals surface area contributed by atoms with E-state index in [0.717, 1.165) is 16.9 Å². The first kappa shape index (κ1) is 14.0. The minimum atomic E-state index is -1.15. The summed E-state index contributed by atoms with van der Waals surface area (Å²) in [5, 5.41) is 12.9. The standard InChI is InChI=1S/C13H12N2O4S/c1-19-10-5-3-2-4-8(10)6-14-11(16)12-15-9(7-20-12)13(17)18/h2-5,7H,6H2,1H3,(H,14,16)(H,17,18). The van der Waals surface area contributed by atoms with Gasteiger partial charge in [-0.05, 0) is 6.07 Å². The molecule has 0 unspecified atom stereocenters. The number of benzene rings is 1. The molecular formula is C13H12N2O4S. The minimum absolute atomic E-state index is 0.122. The van der Waals surface area contributed by atoms with E-state index < -0.39 is 11.9 Å². The lowest BCUT2D eigenvalue weighted by atomic mass is 10.2. The molecule has 1 aromatic carbocycles. The maximum absolute atomic E-state index is 11.9. The molecule has 7 heteroatoms. The fourth-order valence-corrected chi connectivity index (χ4v) is 2.28. The number of rotatable bonds is 5. The van der Waals surface area contributed by atoms with E-state index in [0.29, 0.717) is 5.75 Å². The zero-order valence-electron chi connectivity index (χ0n) is 10.6. The lowest BCUT2D eigenvalue weighted by Gasteiger charge is -2.08. The van der Waals surface area contributed by atoms with Crippen molar-refractivity contribution in [2.45, 2.75) is 6.54 Å². The van der Waals surface area contributed by atoms with E-state index in [-0.39, 0.29) is 17.2 Å². The third-order valence-corrected chi connectivity index (χ3v) is 3.39. The number of ether oxygens (including phenoxy) is 1. The van der Waals surface area contributed by atoms with Crippen LogP contribution < -0.4 is 10.1 Å². The Kier molecular flexibility index (Phi) is 4.31. The Bertz CT molecular complexity index is 639. The number of hydrogen-bond acceptors (Lipinski definition) is 5. The SMILES string of the molecule is COc1ccccc1CNC(=O)c1nc(C(=O)O)cs1. The first-order valence-corrected chi connectivity index (χ1v) is 6.58. The van der Waals surface area contributed by atoms with Crippen molar-refractivity contribution < 1.29 is 19.4 Å². The van der Waals surface area contributed by atoms with Crippen molar-refractivity contribution in [2.75, 3.05) is 7.11 Å². The Balaban J connectivity index is 2.03. The molecule has 1 aromatic heterocycles. The van der Waals surface area contributed by atoms with Crippen LogP contribution in [0.1, 0.15) is 25.9 Å². The van der Waals surface area contributed by atoms with Crippen LogP contribution in [0.2, 0.25) is 0 Å². The molecule has 0 atom stereocenters. The van der Waals surface area contributed by atoms with E-state index in [4.69, 9.17) is 9.84 Å². The number of thiazole rings is 1. The summed E-state index contributed by atoms with van der Waals surface area (Å²) in [5.41, 5.74) is 0.704. The molecule has 0 saturated heterocycles. The highest BCUT2D eigenvalue weighted by atomic mass is 32.1. The summed E-state index contributed by atoms with van der Waals surface area (Å²) in [4.78, 5) is 26.3. The predicted octanol–water partition coefficient (Wildman–Crippen LogP) is 1.78. The van der Waals surface area contributed by atoms with Gasteiger partial charge in [0.25, 0.3) is 5.91 Å². The Morgan fingerprint density at radius 2 is 2.15 bits per heavy atom. The second-order valence-electron chi connectivity index (χ2n) is 3.84. The number of hydrogen-bond donors (Lipinski definition) is 2. The Morgan fingerprint density at radius 3 is 2.80 bits per heavy atom. The van der Waals surface area contributed by atoms with Gasteiger partial charge in [0, 0.05) is 17.5 Å². The van der Waals surface area contributed by atoms with Gasteiger partial charge in [0.05, 0.1) is 7.11 Å². The highest BCUT2D eigenvalue weighted by Crippen LogP contribution is 2.17. The average molecular weight is 292 g/mol. The second-order valence-corrected chi connectivity index (χ2v) is 4.70. The molecule has 1 amide bonds. The van der Waals surface area contributed by atoms with Crippen LogP contribution in [0.4, 0.5) is 0 Å². The topological polar surface area (TPSA) is 88.5 Å². The second kappa shape index (κ2) is 6.16. The predicted molar refractivity (Wildman–Crippen MR) is 73.2 cm³/mol. The third-order valence-electron chi connectivity index (χ3n) is 2.55. The number of amides is 1. The first-order chi connectivity index (χ1) is 9.61. The number of nitrogens with zero attached hydrogens (tertiary/aromatic N) is 1. The fourth-order valence-electron chi connectivity index (χ4n) is 1.58. The van der Waals surface area contributed by atoms with Gasteiger partial charge in [-0.3, -0.25) is 4.79 Å². The summed E-state index contributed by atoms with van der Waals surface area (Å²) in [7, 11) is 1.56. The minimum Gasteiger partial charge on any atom is -0.496 e. The fraction of sp³-hybridized carbons (Fsp3) is 0.154. The number of methoxy groups -OCH3 is 1. The van der Waals surface area contributed by atoms with Gasteiger partial charge in [0.15, 0.2) is 10.7 Å². The van der Waals surface area contributed by atoms with Crippen molar-refractivity contribution in [1.29, 1.82) is 0 Å². The van der Waals surface area contributed by atoms with Gasteiger partial charge in [-0.15, -0.1) is 11.3 Å². The van der Waals surface area contributed by atoms with Gasteiger partial charge < -0.3 is 15.2 Å². The highest BCUT2D eigenvalue weighted by Gasteiger charge is 2.14. The van der Waals surface area contributed by atoms with Crippen LogP contribution in [-0.4, -0.2) is 29.1 Å². The molecule has 0 bridgehead atoms. The van der Waals surface area contributed by atoms with Crippen molar-refractivity contribution in [3.05, 3.63) is 45.9 Å². The number of carboxylic acid groups (broad SMARTS) is 1. The van der Waals surface area contributed by atoms with Gasteiger partial charge >= 0.3 is 5.97 Å². The van der Waals surface area contributed by atoms with Gasteiger partial charge in [-0.1, -0.05) is 18.2 Å². The number of carboxylic acids is 1. The van der Waals surface area contributed by atoms with Crippen LogP contribution in [0.3, 0.4) is 0 Å². The molecule has 0 aliphatic heterocycles. The summed E-state index contributed by atoms with van der Waals surface area (Å²) in [5.74, 6) is -0.878. The number of carbonyl (C=O) groups is 2. The molecule has 0 spiro atoms. The molecule has 2 aromatic rings. The number of aromatic nitrogens is 1. The molecule has 0 radical (unpaired) electrons. The van der Waals surface area contributed by atoms with Crippen molar-refractivity contribution in [3.8, 4) is 5.75 Å². The molecule has 1 heterocycles. The lowest BCUT2D eigenvalue weighted by Crippen LogP contribution is -2.23. The lowest BCUT2D eigenvalue weighted by molar-refractivity contribution is 0.0691. The molecule has 0 aliphatic carbocycles. The van der Waals surface area contributed by atoms with E-state index in [1.54, 1.807) is 13.2 Å². The molecule has 20 heavy (non-hydrogen) atoms. The molecule has 0 aliphatic rings. The van der Waals surface area contributed by atoms with Gasteiger partial charge in [0.2, 0.25) is 0 Å². The average Bonchev–Trinajstić information content (AvgIpc) is 2.95. The summed E-state index contributed by atoms with van der Waals surface area (Å²) in [6, 6.07) is 7.32. The summed E-state index contributed by atoms with van der Waals surface area (Å²) in [6.07, 6.45) is 0. The van der Waals surface area contributed by atoms with Crippen LogP contribution in [0.5, 0.6) is 5.75 Å². The monoisotopic (exact) mass is 292 g/mol. The van der Waals surface area contributed by atoms with Crippen LogP contribution >= 0.6 is 11.3 Å².